The lowest BCUT2D eigenvalue weighted by molar-refractivity contribution is -0.116. The highest BCUT2D eigenvalue weighted by Gasteiger charge is 2.28. The van der Waals surface area contributed by atoms with E-state index in [4.69, 9.17) is 13.9 Å². The van der Waals surface area contributed by atoms with Crippen molar-refractivity contribution < 1.29 is 23.5 Å². The molecule has 8 nitrogen and oxygen atoms in total. The molecule has 3 rings (SSSR count). The van der Waals surface area contributed by atoms with Gasteiger partial charge in [-0.2, -0.15) is 5.26 Å². The van der Waals surface area contributed by atoms with Gasteiger partial charge in [0, 0.05) is 31.4 Å². The van der Waals surface area contributed by atoms with Gasteiger partial charge in [0.2, 0.25) is 5.91 Å². The maximum absolute atomic E-state index is 12.3. The molecule has 0 atom stereocenters. The number of thiophene rings is 1. The van der Waals surface area contributed by atoms with Crippen LogP contribution in [0.3, 0.4) is 0 Å². The first-order chi connectivity index (χ1) is 13.6. The summed E-state index contributed by atoms with van der Waals surface area (Å²) in [5.74, 6) is 0.561. The zero-order chi connectivity index (χ0) is 19.9. The highest BCUT2D eigenvalue weighted by atomic mass is 32.1. The standard InChI is InChI=1S/C19H21N3O5S/c1-25-9-10-27-19(24)22-7-6-14-15(11-20)18(28-16(14)12-22)21-17(23)5-4-13-3-2-8-26-13/h2-3,8H,4-7,9-10,12H2,1H3,(H,21,23). The molecule has 1 aliphatic heterocycles. The number of carbonyl (C=O) groups is 2. The van der Waals surface area contributed by atoms with Gasteiger partial charge in [-0.05, 0) is 24.1 Å². The van der Waals surface area contributed by atoms with Gasteiger partial charge in [0.15, 0.2) is 0 Å². The van der Waals surface area contributed by atoms with Crippen LogP contribution in [0.5, 0.6) is 0 Å². The fraction of sp³-hybridized carbons (Fsp3) is 0.421. The van der Waals surface area contributed by atoms with E-state index in [2.05, 4.69) is 11.4 Å². The summed E-state index contributed by atoms with van der Waals surface area (Å²) in [7, 11) is 1.54. The number of nitrogens with one attached hydrogen (secondary N) is 1. The average molecular weight is 403 g/mol. The Balaban J connectivity index is 1.63. The van der Waals surface area contributed by atoms with Crippen molar-refractivity contribution in [3.8, 4) is 6.07 Å². The lowest BCUT2D eigenvalue weighted by Gasteiger charge is -2.26. The first-order valence-corrected chi connectivity index (χ1v) is 9.71. The molecular formula is C19H21N3O5S. The second-order valence-electron chi connectivity index (χ2n) is 6.23. The molecule has 1 N–H and O–H groups in total. The Kier molecular flexibility index (Phi) is 6.68. The van der Waals surface area contributed by atoms with Gasteiger partial charge >= 0.3 is 6.09 Å². The van der Waals surface area contributed by atoms with E-state index in [0.717, 1.165) is 16.2 Å². The summed E-state index contributed by atoms with van der Waals surface area (Å²) in [6.07, 6.45) is 2.47. The van der Waals surface area contributed by atoms with Crippen LogP contribution in [0.4, 0.5) is 9.80 Å². The zero-order valence-corrected chi connectivity index (χ0v) is 16.3. The number of amides is 2. The molecule has 0 aliphatic carbocycles. The molecule has 0 spiro atoms. The first kappa shape index (κ1) is 19.9. The number of furan rings is 1. The van der Waals surface area contributed by atoms with Gasteiger partial charge in [-0.1, -0.05) is 0 Å². The summed E-state index contributed by atoms with van der Waals surface area (Å²) in [6, 6.07) is 5.79. The minimum absolute atomic E-state index is 0.178. The largest absolute Gasteiger partial charge is 0.469 e. The van der Waals surface area contributed by atoms with Crippen molar-refractivity contribution in [1.29, 1.82) is 5.26 Å². The third-order valence-corrected chi connectivity index (χ3v) is 5.50. The molecular weight excluding hydrogens is 382 g/mol. The third-order valence-electron chi connectivity index (χ3n) is 4.37. The van der Waals surface area contributed by atoms with Gasteiger partial charge in [0.25, 0.3) is 0 Å². The van der Waals surface area contributed by atoms with Gasteiger partial charge in [-0.3, -0.25) is 4.79 Å². The van der Waals surface area contributed by atoms with E-state index in [0.29, 0.717) is 43.1 Å². The molecule has 0 aromatic carbocycles. The van der Waals surface area contributed by atoms with Gasteiger partial charge in [-0.15, -0.1) is 11.3 Å². The SMILES string of the molecule is COCCOC(=O)N1CCc2c(sc(NC(=O)CCc3ccco3)c2C#N)C1. The van der Waals surface area contributed by atoms with Gasteiger partial charge in [0.05, 0.1) is 25.0 Å². The Bertz CT molecular complexity index is 869. The van der Waals surface area contributed by atoms with Crippen molar-refractivity contribution in [3.63, 3.8) is 0 Å². The lowest BCUT2D eigenvalue weighted by Crippen LogP contribution is -2.36. The Morgan fingerprint density at radius 3 is 3.00 bits per heavy atom. The normalized spacial score (nSPS) is 12.9. The van der Waals surface area contributed by atoms with Crippen molar-refractivity contribution in [2.45, 2.75) is 25.8 Å². The van der Waals surface area contributed by atoms with Crippen molar-refractivity contribution in [2.24, 2.45) is 0 Å². The predicted octanol–water partition coefficient (Wildman–Crippen LogP) is 2.93. The minimum Gasteiger partial charge on any atom is -0.469 e. The molecule has 0 saturated carbocycles. The van der Waals surface area contributed by atoms with E-state index in [1.54, 1.807) is 24.3 Å². The molecule has 2 aromatic heterocycles. The summed E-state index contributed by atoms with van der Waals surface area (Å²) >= 11 is 1.34. The fourth-order valence-electron chi connectivity index (χ4n) is 2.95. The number of aryl methyl sites for hydroxylation is 1. The summed E-state index contributed by atoms with van der Waals surface area (Å²) in [6.45, 7) is 1.37. The predicted molar refractivity (Wildman–Crippen MR) is 102 cm³/mol. The van der Waals surface area contributed by atoms with E-state index < -0.39 is 6.09 Å². The van der Waals surface area contributed by atoms with Crippen molar-refractivity contribution >= 4 is 28.3 Å². The summed E-state index contributed by atoms with van der Waals surface area (Å²) in [5.41, 5.74) is 1.38. The van der Waals surface area contributed by atoms with Crippen LogP contribution >= 0.6 is 11.3 Å². The van der Waals surface area contributed by atoms with Gasteiger partial charge < -0.3 is 24.1 Å². The summed E-state index contributed by atoms with van der Waals surface area (Å²) < 4.78 is 15.3. The zero-order valence-electron chi connectivity index (χ0n) is 15.5. The molecule has 3 heterocycles. The summed E-state index contributed by atoms with van der Waals surface area (Å²) in [5, 5.41) is 12.9. The number of hydrogen-bond acceptors (Lipinski definition) is 7. The van der Waals surface area contributed by atoms with Crippen LogP contribution < -0.4 is 5.32 Å². The number of carbonyl (C=O) groups excluding carboxylic acids is 2. The number of fused-ring (bicyclic) bond motifs is 1. The molecule has 1 aliphatic rings. The quantitative estimate of drug-likeness (QED) is 0.713. The summed E-state index contributed by atoms with van der Waals surface area (Å²) in [4.78, 5) is 26.9. The van der Waals surface area contributed by atoms with Gasteiger partial charge in [-0.25, -0.2) is 4.79 Å². The molecule has 0 fully saturated rings. The maximum atomic E-state index is 12.3. The molecule has 0 bridgehead atoms. The number of nitriles is 1. The molecule has 148 valence electrons. The second-order valence-corrected chi connectivity index (χ2v) is 7.33. The number of hydrogen-bond donors (Lipinski definition) is 1. The van der Waals surface area contributed by atoms with E-state index in [-0.39, 0.29) is 18.9 Å². The molecule has 28 heavy (non-hydrogen) atoms. The van der Waals surface area contributed by atoms with E-state index in [9.17, 15) is 14.9 Å². The average Bonchev–Trinajstić information content (AvgIpc) is 3.33. The Hall–Kier alpha value is -2.83. The van der Waals surface area contributed by atoms with Crippen LogP contribution in [0.15, 0.2) is 22.8 Å². The minimum atomic E-state index is -0.404. The molecule has 2 aromatic rings. The molecule has 0 radical (unpaired) electrons. The number of nitrogens with zero attached hydrogens (tertiary/aromatic N) is 2. The molecule has 9 heteroatoms. The van der Waals surface area contributed by atoms with Crippen molar-refractivity contribution in [2.75, 3.05) is 32.2 Å². The fourth-order valence-corrected chi connectivity index (χ4v) is 4.18. The Morgan fingerprint density at radius 2 is 2.29 bits per heavy atom. The van der Waals surface area contributed by atoms with Crippen molar-refractivity contribution in [1.82, 2.24) is 4.90 Å². The van der Waals surface area contributed by atoms with Crippen LogP contribution in [0.1, 0.15) is 28.2 Å². The van der Waals surface area contributed by atoms with E-state index >= 15 is 0 Å². The maximum Gasteiger partial charge on any atom is 0.410 e. The third kappa shape index (κ3) is 4.71. The monoisotopic (exact) mass is 403 g/mol. The smallest absolute Gasteiger partial charge is 0.410 e. The Morgan fingerprint density at radius 1 is 1.43 bits per heavy atom. The number of methoxy groups -OCH3 is 1. The topological polar surface area (TPSA) is 105 Å². The number of anilines is 1. The van der Waals surface area contributed by atoms with Gasteiger partial charge in [0.1, 0.15) is 23.4 Å². The van der Waals surface area contributed by atoms with Crippen LogP contribution in [0.2, 0.25) is 0 Å². The molecule has 0 saturated heterocycles. The second kappa shape index (κ2) is 9.39. The first-order valence-electron chi connectivity index (χ1n) is 8.90. The van der Waals surface area contributed by atoms with Crippen LogP contribution in [0, 0.1) is 11.3 Å². The highest BCUT2D eigenvalue weighted by molar-refractivity contribution is 7.16. The molecule has 2 amide bonds. The lowest BCUT2D eigenvalue weighted by atomic mass is 10.0. The Labute approximate surface area is 166 Å². The van der Waals surface area contributed by atoms with E-state index in [1.807, 2.05) is 6.07 Å². The van der Waals surface area contributed by atoms with Crippen LogP contribution in [0.25, 0.3) is 0 Å². The highest BCUT2D eigenvalue weighted by Crippen LogP contribution is 2.36. The van der Waals surface area contributed by atoms with Crippen LogP contribution in [-0.4, -0.2) is 43.8 Å². The number of ether oxygens (including phenoxy) is 2. The van der Waals surface area contributed by atoms with Crippen molar-refractivity contribution in [3.05, 3.63) is 40.2 Å². The van der Waals surface area contributed by atoms with E-state index in [1.165, 1.54) is 11.3 Å². The molecule has 0 unspecified atom stereocenters. The number of rotatable bonds is 7. The van der Waals surface area contributed by atoms with Crippen LogP contribution in [-0.2, 0) is 33.7 Å².